The van der Waals surface area contributed by atoms with Crippen LogP contribution in [0.3, 0.4) is 0 Å². The van der Waals surface area contributed by atoms with E-state index in [4.69, 9.17) is 23.2 Å². The van der Waals surface area contributed by atoms with Crippen LogP contribution in [0.5, 0.6) is 0 Å². The van der Waals surface area contributed by atoms with Crippen LogP contribution in [-0.4, -0.2) is 31.1 Å². The van der Waals surface area contributed by atoms with E-state index >= 15 is 0 Å². The van der Waals surface area contributed by atoms with E-state index in [1.54, 1.807) is 11.0 Å². The number of rotatable bonds is 5. The number of nitrogens with one attached hydrogen (secondary N) is 1. The van der Waals surface area contributed by atoms with Gasteiger partial charge in [-0.25, -0.2) is 0 Å². The highest BCUT2D eigenvalue weighted by atomic mass is 35.5. The molecule has 2 aromatic rings. The number of halogens is 2. The number of aromatic nitrogens is 4. The van der Waals surface area contributed by atoms with E-state index < -0.39 is 4.33 Å². The molecule has 1 N–H and O–H groups in total. The Bertz CT molecular complexity index is 555. The van der Waals surface area contributed by atoms with Gasteiger partial charge in [-0.05, 0) is 41.3 Å². The van der Waals surface area contributed by atoms with Crippen LogP contribution in [0.2, 0.25) is 0 Å². The molecule has 5 nitrogen and oxygen atoms in total. The number of hydrogen-bond donors (Lipinski definition) is 1. The smallest absolute Gasteiger partial charge is 0.143 e. The topological polar surface area (TPSA) is 55.6 Å². The fourth-order valence-corrected chi connectivity index (χ4v) is 2.65. The van der Waals surface area contributed by atoms with Gasteiger partial charge in [0.1, 0.15) is 10.7 Å². The van der Waals surface area contributed by atoms with Gasteiger partial charge in [-0.1, -0.05) is 12.1 Å². The Balaban J connectivity index is 1.65. The van der Waals surface area contributed by atoms with Crippen molar-refractivity contribution < 1.29 is 0 Å². The van der Waals surface area contributed by atoms with E-state index in [1.165, 1.54) is 0 Å². The molecule has 1 aromatic heterocycles. The van der Waals surface area contributed by atoms with Gasteiger partial charge in [0.15, 0.2) is 0 Å². The SMILES string of the molecule is ClC1(Cl)CC1CCNc1ccccc1-n1cnnn1. The van der Waals surface area contributed by atoms with Crippen molar-refractivity contribution in [2.24, 2.45) is 5.92 Å². The third-order valence-electron chi connectivity index (χ3n) is 3.26. The van der Waals surface area contributed by atoms with Crippen LogP contribution < -0.4 is 5.32 Å². The third kappa shape index (κ3) is 2.82. The maximum Gasteiger partial charge on any atom is 0.143 e. The van der Waals surface area contributed by atoms with Gasteiger partial charge in [-0.3, -0.25) is 0 Å². The molecule has 19 heavy (non-hydrogen) atoms. The molecule has 0 aliphatic heterocycles. The molecule has 1 unspecified atom stereocenters. The molecule has 0 radical (unpaired) electrons. The first-order valence-corrected chi connectivity index (χ1v) is 6.86. The average Bonchev–Trinajstić information content (AvgIpc) is 2.83. The van der Waals surface area contributed by atoms with Crippen molar-refractivity contribution in [3.8, 4) is 5.69 Å². The van der Waals surface area contributed by atoms with Crippen LogP contribution >= 0.6 is 23.2 Å². The first-order valence-electron chi connectivity index (χ1n) is 6.11. The predicted molar refractivity (Wildman–Crippen MR) is 74.8 cm³/mol. The summed E-state index contributed by atoms with van der Waals surface area (Å²) < 4.78 is 1.13. The van der Waals surface area contributed by atoms with Gasteiger partial charge in [0.25, 0.3) is 0 Å². The summed E-state index contributed by atoms with van der Waals surface area (Å²) in [5, 5.41) is 14.6. The van der Waals surface area contributed by atoms with E-state index in [2.05, 4.69) is 20.8 Å². The molecule has 0 bridgehead atoms. The van der Waals surface area contributed by atoms with Crippen LogP contribution in [0.15, 0.2) is 30.6 Å². The maximum absolute atomic E-state index is 6.01. The number of para-hydroxylation sites is 2. The fourth-order valence-electron chi connectivity index (χ4n) is 2.06. The largest absolute Gasteiger partial charge is 0.383 e. The van der Waals surface area contributed by atoms with Crippen molar-refractivity contribution in [1.29, 1.82) is 0 Å². The third-order valence-corrected chi connectivity index (χ3v) is 4.19. The lowest BCUT2D eigenvalue weighted by Crippen LogP contribution is -2.08. The van der Waals surface area contributed by atoms with Crippen molar-refractivity contribution in [1.82, 2.24) is 20.2 Å². The van der Waals surface area contributed by atoms with Crippen LogP contribution in [-0.2, 0) is 0 Å². The zero-order valence-corrected chi connectivity index (χ0v) is 11.6. The monoisotopic (exact) mass is 297 g/mol. The van der Waals surface area contributed by atoms with Gasteiger partial charge in [-0.2, -0.15) is 4.68 Å². The first-order chi connectivity index (χ1) is 9.17. The van der Waals surface area contributed by atoms with Gasteiger partial charge in [0, 0.05) is 6.54 Å². The predicted octanol–water partition coefficient (Wildman–Crippen LogP) is 2.66. The number of hydrogen-bond acceptors (Lipinski definition) is 4. The van der Waals surface area contributed by atoms with E-state index in [0.717, 1.165) is 30.8 Å². The second-order valence-electron chi connectivity index (χ2n) is 4.65. The van der Waals surface area contributed by atoms with E-state index in [-0.39, 0.29) is 0 Å². The summed E-state index contributed by atoms with van der Waals surface area (Å²) in [4.78, 5) is 0. The van der Waals surface area contributed by atoms with Gasteiger partial charge in [0.2, 0.25) is 0 Å². The van der Waals surface area contributed by atoms with Crippen molar-refractivity contribution in [2.45, 2.75) is 17.2 Å². The Kier molecular flexibility index (Phi) is 3.33. The highest BCUT2D eigenvalue weighted by Gasteiger charge is 2.50. The van der Waals surface area contributed by atoms with Gasteiger partial charge in [-0.15, -0.1) is 28.3 Å². The second-order valence-corrected chi connectivity index (χ2v) is 6.19. The lowest BCUT2D eigenvalue weighted by atomic mass is 10.2. The molecule has 1 atom stereocenters. The lowest BCUT2D eigenvalue weighted by Gasteiger charge is -2.11. The minimum atomic E-state index is -0.503. The minimum Gasteiger partial charge on any atom is -0.383 e. The Labute approximate surface area is 120 Å². The van der Waals surface area contributed by atoms with Crippen molar-refractivity contribution in [3.05, 3.63) is 30.6 Å². The minimum absolute atomic E-state index is 0.392. The second kappa shape index (κ2) is 4.98. The number of nitrogens with zero attached hydrogens (tertiary/aromatic N) is 4. The highest BCUT2D eigenvalue weighted by Crippen LogP contribution is 2.54. The standard InChI is InChI=1S/C12H13Cl2N5/c13-12(14)7-9(12)5-6-15-10-3-1-2-4-11(10)19-8-16-17-18-19/h1-4,8-9,15H,5-7H2. The van der Waals surface area contributed by atoms with E-state index in [9.17, 15) is 0 Å². The molecule has 0 spiro atoms. The zero-order valence-electron chi connectivity index (χ0n) is 10.1. The quantitative estimate of drug-likeness (QED) is 0.862. The molecular formula is C12H13Cl2N5. The summed E-state index contributed by atoms with van der Waals surface area (Å²) in [6.07, 6.45) is 3.41. The zero-order chi connectivity index (χ0) is 13.3. The summed E-state index contributed by atoms with van der Waals surface area (Å²) in [7, 11) is 0. The van der Waals surface area contributed by atoms with Crippen LogP contribution in [0.1, 0.15) is 12.8 Å². The molecule has 100 valence electrons. The van der Waals surface area contributed by atoms with Crippen LogP contribution in [0, 0.1) is 5.92 Å². The number of benzene rings is 1. The average molecular weight is 298 g/mol. The van der Waals surface area contributed by atoms with Gasteiger partial charge < -0.3 is 5.32 Å². The molecule has 1 fully saturated rings. The van der Waals surface area contributed by atoms with Gasteiger partial charge >= 0.3 is 0 Å². The number of tetrazole rings is 1. The molecule has 1 saturated carbocycles. The van der Waals surface area contributed by atoms with Crippen molar-refractivity contribution in [3.63, 3.8) is 0 Å². The molecule has 1 aliphatic carbocycles. The molecule has 7 heteroatoms. The normalized spacial score (nSPS) is 20.2. The molecule has 0 amide bonds. The maximum atomic E-state index is 6.01. The molecule has 1 aromatic carbocycles. The molecule has 3 rings (SSSR count). The number of alkyl halides is 2. The van der Waals surface area contributed by atoms with E-state index in [1.807, 2.05) is 24.3 Å². The Hall–Kier alpha value is -1.33. The lowest BCUT2D eigenvalue weighted by molar-refractivity contribution is 0.748. The highest BCUT2D eigenvalue weighted by molar-refractivity contribution is 6.50. The Morgan fingerprint density at radius 3 is 2.84 bits per heavy atom. The number of anilines is 1. The Morgan fingerprint density at radius 1 is 1.37 bits per heavy atom. The first kappa shape index (κ1) is 12.7. The summed E-state index contributed by atoms with van der Waals surface area (Å²) in [6, 6.07) is 7.88. The summed E-state index contributed by atoms with van der Waals surface area (Å²) in [5.74, 6) is 0.392. The van der Waals surface area contributed by atoms with Crippen LogP contribution in [0.25, 0.3) is 5.69 Å². The molecule has 1 aliphatic rings. The summed E-state index contributed by atoms with van der Waals surface area (Å²) >= 11 is 12.0. The molecule has 0 saturated heterocycles. The van der Waals surface area contributed by atoms with Crippen molar-refractivity contribution >= 4 is 28.9 Å². The van der Waals surface area contributed by atoms with Crippen LogP contribution in [0.4, 0.5) is 5.69 Å². The fraction of sp³-hybridized carbons (Fsp3) is 0.417. The summed E-state index contributed by atoms with van der Waals surface area (Å²) in [6.45, 7) is 0.824. The Morgan fingerprint density at radius 2 is 2.16 bits per heavy atom. The molecular weight excluding hydrogens is 285 g/mol. The molecule has 1 heterocycles. The van der Waals surface area contributed by atoms with Crippen molar-refractivity contribution in [2.75, 3.05) is 11.9 Å². The summed E-state index contributed by atoms with van der Waals surface area (Å²) in [5.41, 5.74) is 1.91. The van der Waals surface area contributed by atoms with E-state index in [0.29, 0.717) is 5.92 Å². The van der Waals surface area contributed by atoms with Gasteiger partial charge in [0.05, 0.1) is 11.4 Å².